The quantitative estimate of drug-likeness (QED) is 0.393. The van der Waals surface area contributed by atoms with Gasteiger partial charge in [-0.25, -0.2) is 9.97 Å². The lowest BCUT2D eigenvalue weighted by Gasteiger charge is -2.29. The Morgan fingerprint density at radius 3 is 2.73 bits per heavy atom. The first-order chi connectivity index (χ1) is 14.6. The fourth-order valence-corrected chi connectivity index (χ4v) is 4.39. The summed E-state index contributed by atoms with van der Waals surface area (Å²) < 4.78 is 1.57. The maximum absolute atomic E-state index is 13.4. The number of aromatic nitrogens is 3. The summed E-state index contributed by atoms with van der Waals surface area (Å²) >= 11 is 5.92. The van der Waals surface area contributed by atoms with E-state index in [2.05, 4.69) is 21.4 Å². The standard InChI is InChI=1S/C23H21ClN4O2/c24-21-6-5-14(11-26-21)9-15-10-18-22(17-4-2-1-3-16(15)17)27-13-28(23(18)30)19-12-25-8-7-20(19)29/h1-6,10-11,13,19-20,25,29H,7-9,12H2/t19-,20-/m0/s1. The molecule has 0 spiro atoms. The van der Waals surface area contributed by atoms with E-state index in [1.807, 2.05) is 30.3 Å². The molecule has 2 N–H and O–H groups in total. The van der Waals surface area contributed by atoms with Crippen LogP contribution in [0.2, 0.25) is 5.15 Å². The number of benzene rings is 2. The Bertz CT molecular complexity index is 1290. The molecule has 0 radical (unpaired) electrons. The zero-order chi connectivity index (χ0) is 20.7. The van der Waals surface area contributed by atoms with E-state index in [1.165, 1.54) is 0 Å². The SMILES string of the molecule is O=c1c2cc(Cc3ccc(Cl)nc3)c3ccccc3c2ncn1[C@H]1CNCC[C@@H]1O. The van der Waals surface area contributed by atoms with Gasteiger partial charge in [-0.15, -0.1) is 0 Å². The molecular weight excluding hydrogens is 400 g/mol. The lowest BCUT2D eigenvalue weighted by atomic mass is 9.96. The maximum atomic E-state index is 13.4. The zero-order valence-corrected chi connectivity index (χ0v) is 17.0. The molecule has 3 heterocycles. The molecule has 1 aliphatic heterocycles. The summed E-state index contributed by atoms with van der Waals surface area (Å²) in [6.07, 6.45) is 4.00. The predicted octanol–water partition coefficient (Wildman–Crippen LogP) is 3.08. The monoisotopic (exact) mass is 420 g/mol. The predicted molar refractivity (Wildman–Crippen MR) is 118 cm³/mol. The first-order valence-electron chi connectivity index (χ1n) is 10.0. The summed E-state index contributed by atoms with van der Waals surface area (Å²) in [5.74, 6) is 0. The summed E-state index contributed by atoms with van der Waals surface area (Å²) in [5, 5.41) is 16.7. The summed E-state index contributed by atoms with van der Waals surface area (Å²) in [6, 6.07) is 13.3. The van der Waals surface area contributed by atoms with Crippen LogP contribution in [0.5, 0.6) is 0 Å². The molecule has 1 aliphatic rings. The van der Waals surface area contributed by atoms with Gasteiger partial charge in [-0.05, 0) is 48.0 Å². The van der Waals surface area contributed by atoms with Gasteiger partial charge in [-0.1, -0.05) is 41.9 Å². The zero-order valence-electron chi connectivity index (χ0n) is 16.3. The molecule has 0 aliphatic carbocycles. The van der Waals surface area contributed by atoms with Gasteiger partial charge in [-0.3, -0.25) is 9.36 Å². The fraction of sp³-hybridized carbons (Fsp3) is 0.261. The van der Waals surface area contributed by atoms with Crippen molar-refractivity contribution in [2.24, 2.45) is 0 Å². The molecule has 1 fully saturated rings. The first kappa shape index (κ1) is 19.2. The van der Waals surface area contributed by atoms with Crippen molar-refractivity contribution in [3.63, 3.8) is 0 Å². The molecule has 152 valence electrons. The second-order valence-corrected chi connectivity index (χ2v) is 8.12. The van der Waals surface area contributed by atoms with Crippen molar-refractivity contribution in [1.82, 2.24) is 19.9 Å². The van der Waals surface area contributed by atoms with Crippen LogP contribution in [0.1, 0.15) is 23.6 Å². The number of rotatable bonds is 3. The highest BCUT2D eigenvalue weighted by molar-refractivity contribution is 6.29. The van der Waals surface area contributed by atoms with E-state index < -0.39 is 6.10 Å². The topological polar surface area (TPSA) is 80.0 Å². The van der Waals surface area contributed by atoms with E-state index in [0.717, 1.165) is 28.4 Å². The molecule has 6 nitrogen and oxygen atoms in total. The van der Waals surface area contributed by atoms with Gasteiger partial charge in [0.2, 0.25) is 0 Å². The van der Waals surface area contributed by atoms with Crippen LogP contribution in [0.4, 0.5) is 0 Å². The summed E-state index contributed by atoms with van der Waals surface area (Å²) in [4.78, 5) is 22.2. The van der Waals surface area contributed by atoms with Gasteiger partial charge in [0.15, 0.2) is 0 Å². The lowest BCUT2D eigenvalue weighted by Crippen LogP contribution is -2.44. The van der Waals surface area contributed by atoms with Crippen molar-refractivity contribution in [3.8, 4) is 0 Å². The molecule has 2 atom stereocenters. The Hall–Kier alpha value is -2.80. The number of nitrogens with one attached hydrogen (secondary N) is 1. The molecule has 0 unspecified atom stereocenters. The normalized spacial score (nSPS) is 19.4. The van der Waals surface area contributed by atoms with Gasteiger partial charge in [0, 0.05) is 18.1 Å². The molecule has 0 amide bonds. The minimum absolute atomic E-state index is 0.131. The Morgan fingerprint density at radius 1 is 1.13 bits per heavy atom. The van der Waals surface area contributed by atoms with E-state index in [-0.39, 0.29) is 11.6 Å². The number of pyridine rings is 1. The van der Waals surface area contributed by atoms with E-state index in [4.69, 9.17) is 11.6 Å². The van der Waals surface area contributed by atoms with Crippen LogP contribution in [0.25, 0.3) is 21.7 Å². The Balaban J connectivity index is 1.70. The number of fused-ring (bicyclic) bond motifs is 3. The number of hydrogen-bond acceptors (Lipinski definition) is 5. The highest BCUT2D eigenvalue weighted by atomic mass is 35.5. The van der Waals surface area contributed by atoms with Crippen LogP contribution in [0.3, 0.4) is 0 Å². The third-order valence-electron chi connectivity index (χ3n) is 5.83. The molecular formula is C23H21ClN4O2. The van der Waals surface area contributed by atoms with Gasteiger partial charge in [0.25, 0.3) is 5.56 Å². The minimum atomic E-state index is -0.566. The highest BCUT2D eigenvalue weighted by Crippen LogP contribution is 2.28. The van der Waals surface area contributed by atoms with Crippen molar-refractivity contribution in [1.29, 1.82) is 0 Å². The van der Waals surface area contributed by atoms with Crippen molar-refractivity contribution < 1.29 is 5.11 Å². The molecule has 7 heteroatoms. The largest absolute Gasteiger partial charge is 0.391 e. The van der Waals surface area contributed by atoms with Crippen LogP contribution in [-0.4, -0.2) is 38.8 Å². The number of halogens is 1. The van der Waals surface area contributed by atoms with E-state index in [9.17, 15) is 9.90 Å². The van der Waals surface area contributed by atoms with Crippen molar-refractivity contribution >= 4 is 33.3 Å². The molecule has 1 saturated heterocycles. The number of aliphatic hydroxyl groups is 1. The van der Waals surface area contributed by atoms with Gasteiger partial charge in [0.1, 0.15) is 5.15 Å². The van der Waals surface area contributed by atoms with E-state index in [1.54, 1.807) is 23.2 Å². The van der Waals surface area contributed by atoms with Crippen LogP contribution >= 0.6 is 11.6 Å². The first-order valence-corrected chi connectivity index (χ1v) is 10.4. The Morgan fingerprint density at radius 2 is 1.97 bits per heavy atom. The molecule has 0 saturated carbocycles. The molecule has 5 rings (SSSR count). The number of piperidine rings is 1. The minimum Gasteiger partial charge on any atom is -0.391 e. The molecule has 30 heavy (non-hydrogen) atoms. The van der Waals surface area contributed by atoms with Gasteiger partial charge >= 0.3 is 0 Å². The summed E-state index contributed by atoms with van der Waals surface area (Å²) in [5.41, 5.74) is 2.60. The Kier molecular flexibility index (Phi) is 4.98. The number of aliphatic hydroxyl groups excluding tert-OH is 1. The van der Waals surface area contributed by atoms with Crippen molar-refractivity contribution in [3.05, 3.63) is 81.6 Å². The summed E-state index contributed by atoms with van der Waals surface area (Å²) in [6.45, 7) is 1.29. The van der Waals surface area contributed by atoms with Crippen LogP contribution in [-0.2, 0) is 6.42 Å². The van der Waals surface area contributed by atoms with Crippen molar-refractivity contribution in [2.45, 2.75) is 25.0 Å². The lowest BCUT2D eigenvalue weighted by molar-refractivity contribution is 0.0823. The van der Waals surface area contributed by atoms with Gasteiger partial charge < -0.3 is 10.4 Å². The molecule has 2 aromatic carbocycles. The summed E-state index contributed by atoms with van der Waals surface area (Å²) in [7, 11) is 0. The van der Waals surface area contributed by atoms with Crippen LogP contribution < -0.4 is 10.9 Å². The van der Waals surface area contributed by atoms with Crippen molar-refractivity contribution in [2.75, 3.05) is 13.1 Å². The smallest absolute Gasteiger partial charge is 0.261 e. The van der Waals surface area contributed by atoms with Crippen LogP contribution in [0, 0.1) is 0 Å². The third-order valence-corrected chi connectivity index (χ3v) is 6.06. The highest BCUT2D eigenvalue weighted by Gasteiger charge is 2.26. The number of nitrogens with zero attached hydrogens (tertiary/aromatic N) is 3. The fourth-order valence-electron chi connectivity index (χ4n) is 4.27. The van der Waals surface area contributed by atoms with Crippen LogP contribution in [0.15, 0.2) is 59.8 Å². The van der Waals surface area contributed by atoms with E-state index >= 15 is 0 Å². The second kappa shape index (κ2) is 7.80. The molecule has 2 aromatic heterocycles. The Labute approximate surface area is 178 Å². The maximum Gasteiger partial charge on any atom is 0.261 e. The molecule has 0 bridgehead atoms. The third kappa shape index (κ3) is 3.37. The molecule has 4 aromatic rings. The average molecular weight is 421 g/mol. The average Bonchev–Trinajstić information content (AvgIpc) is 2.77. The van der Waals surface area contributed by atoms with Gasteiger partial charge in [-0.2, -0.15) is 0 Å². The van der Waals surface area contributed by atoms with E-state index in [0.29, 0.717) is 35.4 Å². The number of hydrogen-bond donors (Lipinski definition) is 2. The second-order valence-electron chi connectivity index (χ2n) is 7.73. The van der Waals surface area contributed by atoms with Gasteiger partial charge in [0.05, 0.1) is 29.4 Å².